The molecule has 0 aliphatic carbocycles. The Kier molecular flexibility index (Phi) is 5.66. The molecule has 138 valence electrons. The number of carbonyl (C=O) groups is 2. The largest absolute Gasteiger partial charge is 0.451 e. The van der Waals surface area contributed by atoms with Gasteiger partial charge in [-0.1, -0.05) is 48.0 Å². The summed E-state index contributed by atoms with van der Waals surface area (Å²) >= 11 is 1.36. The summed E-state index contributed by atoms with van der Waals surface area (Å²) in [5.74, 6) is -0.988. The van der Waals surface area contributed by atoms with E-state index in [0.29, 0.717) is 0 Å². The highest BCUT2D eigenvalue weighted by molar-refractivity contribution is 7.13. The number of benzene rings is 2. The Balaban J connectivity index is 1.60. The molecule has 0 unspecified atom stereocenters. The van der Waals surface area contributed by atoms with Crippen LogP contribution in [-0.2, 0) is 9.53 Å². The lowest BCUT2D eigenvalue weighted by atomic mass is 10.1. The molecule has 1 aromatic heterocycles. The van der Waals surface area contributed by atoms with Gasteiger partial charge in [0.25, 0.3) is 5.91 Å². The van der Waals surface area contributed by atoms with Gasteiger partial charge in [0.15, 0.2) is 12.3 Å². The summed E-state index contributed by atoms with van der Waals surface area (Å²) in [6.45, 7) is 5.51. The van der Waals surface area contributed by atoms with Gasteiger partial charge in [-0.3, -0.25) is 4.79 Å². The summed E-state index contributed by atoms with van der Waals surface area (Å²) in [4.78, 5) is 28.6. The van der Waals surface area contributed by atoms with E-state index in [9.17, 15) is 9.59 Å². The number of nitrogens with zero attached hydrogens (tertiary/aromatic N) is 1. The first-order valence-corrected chi connectivity index (χ1v) is 9.38. The number of nitrogens with one attached hydrogen (secondary N) is 1. The molecule has 3 aromatic rings. The Morgan fingerprint density at radius 2 is 1.74 bits per heavy atom. The average Bonchev–Trinajstić information content (AvgIpc) is 3.14. The second-order valence-electron chi connectivity index (χ2n) is 6.30. The number of hydrogen-bond donors (Lipinski definition) is 1. The van der Waals surface area contributed by atoms with Gasteiger partial charge >= 0.3 is 5.97 Å². The van der Waals surface area contributed by atoms with Crippen LogP contribution in [0, 0.1) is 20.8 Å². The molecule has 0 bridgehead atoms. The van der Waals surface area contributed by atoms with Crippen molar-refractivity contribution in [1.82, 2.24) is 4.98 Å². The fraction of sp³-hybridized carbons (Fsp3) is 0.190. The van der Waals surface area contributed by atoms with E-state index >= 15 is 0 Å². The highest BCUT2D eigenvalue weighted by Gasteiger charge is 2.16. The normalized spacial score (nSPS) is 10.5. The molecule has 3 rings (SSSR count). The predicted octanol–water partition coefficient (Wildman–Crippen LogP) is 4.53. The molecule has 0 radical (unpaired) electrons. The number of carbonyl (C=O) groups excluding carboxylic acids is 2. The molecule has 0 aliphatic rings. The number of hydrogen-bond acceptors (Lipinski definition) is 5. The number of amides is 1. The minimum atomic E-state index is -0.610. The molecule has 2 aromatic carbocycles. The minimum absolute atomic E-state index is 0.203. The smallest absolute Gasteiger partial charge is 0.358 e. The molecule has 1 N–H and O–H groups in total. The van der Waals surface area contributed by atoms with Gasteiger partial charge in [-0.05, 0) is 31.9 Å². The number of esters is 1. The van der Waals surface area contributed by atoms with Crippen molar-refractivity contribution in [3.05, 3.63) is 70.2 Å². The van der Waals surface area contributed by atoms with Gasteiger partial charge in [0.05, 0.1) is 0 Å². The average molecular weight is 380 g/mol. The van der Waals surface area contributed by atoms with E-state index in [0.717, 1.165) is 32.9 Å². The van der Waals surface area contributed by atoms with Crippen LogP contribution >= 0.6 is 11.3 Å². The second kappa shape index (κ2) is 8.14. The van der Waals surface area contributed by atoms with E-state index < -0.39 is 5.97 Å². The van der Waals surface area contributed by atoms with Crippen molar-refractivity contribution in [1.29, 1.82) is 0 Å². The van der Waals surface area contributed by atoms with Gasteiger partial charge in [-0.15, -0.1) is 11.3 Å². The van der Waals surface area contributed by atoms with Crippen molar-refractivity contribution in [2.24, 2.45) is 0 Å². The van der Waals surface area contributed by atoms with Crippen molar-refractivity contribution in [3.8, 4) is 10.6 Å². The number of rotatable bonds is 5. The Labute approximate surface area is 162 Å². The molecule has 0 atom stereocenters. The SMILES string of the molecule is Cc1cc(C)c(NC(=O)COC(=O)c2csc(-c3ccccc3)n2)c(C)c1. The summed E-state index contributed by atoms with van der Waals surface area (Å²) in [7, 11) is 0. The second-order valence-corrected chi connectivity index (χ2v) is 7.16. The van der Waals surface area contributed by atoms with Crippen molar-refractivity contribution in [2.45, 2.75) is 20.8 Å². The lowest BCUT2D eigenvalue weighted by molar-refractivity contribution is -0.119. The van der Waals surface area contributed by atoms with Crippen LogP contribution in [0.15, 0.2) is 47.8 Å². The zero-order valence-corrected chi connectivity index (χ0v) is 16.2. The summed E-state index contributed by atoms with van der Waals surface area (Å²) in [5.41, 5.74) is 4.96. The van der Waals surface area contributed by atoms with E-state index in [-0.39, 0.29) is 18.2 Å². The molecule has 1 amide bonds. The number of aromatic nitrogens is 1. The number of aryl methyl sites for hydroxylation is 3. The van der Waals surface area contributed by atoms with Crippen molar-refractivity contribution < 1.29 is 14.3 Å². The lowest BCUT2D eigenvalue weighted by Gasteiger charge is -2.12. The highest BCUT2D eigenvalue weighted by atomic mass is 32.1. The predicted molar refractivity (Wildman–Crippen MR) is 107 cm³/mol. The Morgan fingerprint density at radius 3 is 2.41 bits per heavy atom. The van der Waals surface area contributed by atoms with Crippen molar-refractivity contribution in [2.75, 3.05) is 11.9 Å². The number of anilines is 1. The van der Waals surface area contributed by atoms with Crippen LogP contribution in [0.2, 0.25) is 0 Å². The molecule has 0 saturated carbocycles. The van der Waals surface area contributed by atoms with Gasteiger partial charge in [0.2, 0.25) is 0 Å². The Bertz CT molecular complexity index is 957. The van der Waals surface area contributed by atoms with E-state index in [1.54, 1.807) is 5.38 Å². The van der Waals surface area contributed by atoms with Crippen LogP contribution in [0.25, 0.3) is 10.6 Å². The summed E-state index contributed by atoms with van der Waals surface area (Å²) in [6, 6.07) is 13.6. The first kappa shape index (κ1) is 18.8. The quantitative estimate of drug-likeness (QED) is 0.660. The van der Waals surface area contributed by atoms with Gasteiger partial charge < -0.3 is 10.1 Å². The van der Waals surface area contributed by atoms with Crippen LogP contribution in [-0.4, -0.2) is 23.5 Å². The Hall–Kier alpha value is -2.99. The topological polar surface area (TPSA) is 68.3 Å². The maximum Gasteiger partial charge on any atom is 0.358 e. The van der Waals surface area contributed by atoms with Gasteiger partial charge in [0.1, 0.15) is 5.01 Å². The molecular weight excluding hydrogens is 360 g/mol. The molecule has 27 heavy (non-hydrogen) atoms. The lowest BCUT2D eigenvalue weighted by Crippen LogP contribution is -2.22. The third-order valence-corrected chi connectivity index (χ3v) is 4.90. The maximum absolute atomic E-state index is 12.2. The van der Waals surface area contributed by atoms with Gasteiger partial charge in [-0.25, -0.2) is 9.78 Å². The minimum Gasteiger partial charge on any atom is -0.451 e. The van der Waals surface area contributed by atoms with Crippen LogP contribution in [0.5, 0.6) is 0 Å². The Morgan fingerprint density at radius 1 is 1.07 bits per heavy atom. The summed E-state index contributed by atoms with van der Waals surface area (Å²) in [5, 5.41) is 5.18. The molecule has 6 heteroatoms. The monoisotopic (exact) mass is 380 g/mol. The molecule has 0 aliphatic heterocycles. The van der Waals surface area contributed by atoms with Crippen LogP contribution in [0.4, 0.5) is 5.69 Å². The van der Waals surface area contributed by atoms with E-state index in [1.807, 2.05) is 63.2 Å². The molecule has 5 nitrogen and oxygen atoms in total. The van der Waals surface area contributed by atoms with E-state index in [2.05, 4.69) is 10.3 Å². The molecule has 0 spiro atoms. The standard InChI is InChI=1S/C21H20N2O3S/c1-13-9-14(2)19(15(3)10-13)23-18(24)11-26-21(25)17-12-27-20(22-17)16-7-5-4-6-8-16/h4-10,12H,11H2,1-3H3,(H,23,24). The zero-order chi connectivity index (χ0) is 19.4. The van der Waals surface area contributed by atoms with Crippen LogP contribution in [0.1, 0.15) is 27.2 Å². The molecule has 1 heterocycles. The van der Waals surface area contributed by atoms with Crippen LogP contribution < -0.4 is 5.32 Å². The third kappa shape index (κ3) is 4.60. The van der Waals surface area contributed by atoms with E-state index in [4.69, 9.17) is 4.74 Å². The molecular formula is C21H20N2O3S. The summed E-state index contributed by atoms with van der Waals surface area (Å²) < 4.78 is 5.11. The van der Waals surface area contributed by atoms with E-state index in [1.165, 1.54) is 11.3 Å². The fourth-order valence-electron chi connectivity index (χ4n) is 2.84. The first-order valence-electron chi connectivity index (χ1n) is 8.50. The number of ether oxygens (including phenoxy) is 1. The van der Waals surface area contributed by atoms with Gasteiger partial charge in [-0.2, -0.15) is 0 Å². The first-order chi connectivity index (χ1) is 12.9. The zero-order valence-electron chi connectivity index (χ0n) is 15.4. The van der Waals surface area contributed by atoms with Gasteiger partial charge in [0, 0.05) is 16.6 Å². The molecule has 0 saturated heterocycles. The van der Waals surface area contributed by atoms with Crippen molar-refractivity contribution in [3.63, 3.8) is 0 Å². The van der Waals surface area contributed by atoms with Crippen molar-refractivity contribution >= 4 is 28.9 Å². The third-order valence-electron chi connectivity index (χ3n) is 4.01. The van der Waals surface area contributed by atoms with Crippen LogP contribution in [0.3, 0.4) is 0 Å². The highest BCUT2D eigenvalue weighted by Crippen LogP contribution is 2.24. The fourth-order valence-corrected chi connectivity index (χ4v) is 3.63. The number of thiazole rings is 1. The summed E-state index contributed by atoms with van der Waals surface area (Å²) in [6.07, 6.45) is 0. The maximum atomic E-state index is 12.2. The molecule has 0 fully saturated rings.